The van der Waals surface area contributed by atoms with E-state index >= 15 is 0 Å². The van der Waals surface area contributed by atoms with Crippen LogP contribution in [-0.4, -0.2) is 12.6 Å². The Labute approximate surface area is 116 Å². The Morgan fingerprint density at radius 1 is 1.28 bits per heavy atom. The molecule has 3 heteroatoms. The van der Waals surface area contributed by atoms with E-state index in [4.69, 9.17) is 16.3 Å². The van der Waals surface area contributed by atoms with Crippen LogP contribution in [0.1, 0.15) is 45.6 Å². The highest BCUT2D eigenvalue weighted by atomic mass is 35.5. The van der Waals surface area contributed by atoms with Crippen molar-refractivity contribution in [1.29, 1.82) is 0 Å². The topological polar surface area (TPSA) is 21.3 Å². The second-order valence-electron chi connectivity index (χ2n) is 4.65. The Hall–Kier alpha value is -0.730. The standard InChI is InChI=1S/C15H24ClNO/c1-4-6-12(3)18-15-8-7-14(16)10-13(15)11-17-9-5-2/h7-8,10,12,17H,4-6,9,11H2,1-3H3. The Morgan fingerprint density at radius 2 is 2.06 bits per heavy atom. The summed E-state index contributed by atoms with van der Waals surface area (Å²) in [6.45, 7) is 8.26. The van der Waals surface area contributed by atoms with E-state index in [1.807, 2.05) is 18.2 Å². The lowest BCUT2D eigenvalue weighted by Gasteiger charge is -2.17. The predicted octanol–water partition coefficient (Wildman–Crippen LogP) is 4.41. The molecule has 102 valence electrons. The summed E-state index contributed by atoms with van der Waals surface area (Å²) in [6.07, 6.45) is 3.59. The molecule has 0 radical (unpaired) electrons. The first-order valence-electron chi connectivity index (χ1n) is 6.83. The second-order valence-corrected chi connectivity index (χ2v) is 5.08. The minimum atomic E-state index is 0.251. The van der Waals surface area contributed by atoms with Crippen LogP contribution in [0.15, 0.2) is 18.2 Å². The zero-order valence-electron chi connectivity index (χ0n) is 11.6. The molecule has 0 aromatic heterocycles. The van der Waals surface area contributed by atoms with E-state index in [2.05, 4.69) is 26.1 Å². The first kappa shape index (κ1) is 15.3. The molecular formula is C15H24ClNO. The average Bonchev–Trinajstić information content (AvgIpc) is 2.33. The van der Waals surface area contributed by atoms with Crippen LogP contribution in [0.2, 0.25) is 5.02 Å². The van der Waals surface area contributed by atoms with E-state index in [0.717, 1.165) is 48.7 Å². The van der Waals surface area contributed by atoms with Crippen molar-refractivity contribution in [2.75, 3.05) is 6.54 Å². The third-order valence-electron chi connectivity index (χ3n) is 2.79. The molecule has 0 heterocycles. The molecule has 0 aliphatic heterocycles. The maximum atomic E-state index is 6.04. The molecule has 0 aliphatic rings. The summed E-state index contributed by atoms with van der Waals surface area (Å²) in [7, 11) is 0. The fraction of sp³-hybridized carbons (Fsp3) is 0.600. The third kappa shape index (κ3) is 5.28. The van der Waals surface area contributed by atoms with E-state index in [1.54, 1.807) is 0 Å². The van der Waals surface area contributed by atoms with Crippen molar-refractivity contribution >= 4 is 11.6 Å². The van der Waals surface area contributed by atoms with Crippen molar-refractivity contribution in [3.8, 4) is 5.75 Å². The summed E-state index contributed by atoms with van der Waals surface area (Å²) in [5.74, 6) is 0.948. The molecule has 0 spiro atoms. The first-order valence-corrected chi connectivity index (χ1v) is 7.21. The van der Waals surface area contributed by atoms with Gasteiger partial charge in [0, 0.05) is 17.1 Å². The van der Waals surface area contributed by atoms with E-state index in [1.165, 1.54) is 0 Å². The molecule has 2 nitrogen and oxygen atoms in total. The molecule has 1 atom stereocenters. The van der Waals surface area contributed by atoms with Gasteiger partial charge in [-0.05, 0) is 44.5 Å². The minimum Gasteiger partial charge on any atom is -0.490 e. The second kappa shape index (κ2) is 8.39. The molecule has 1 rings (SSSR count). The Balaban J connectivity index is 2.69. The molecule has 0 saturated heterocycles. The van der Waals surface area contributed by atoms with Crippen LogP contribution in [0, 0.1) is 0 Å². The van der Waals surface area contributed by atoms with Crippen molar-refractivity contribution < 1.29 is 4.74 Å². The van der Waals surface area contributed by atoms with E-state index in [9.17, 15) is 0 Å². The molecule has 18 heavy (non-hydrogen) atoms. The van der Waals surface area contributed by atoms with Crippen molar-refractivity contribution in [1.82, 2.24) is 5.32 Å². The molecule has 0 saturated carbocycles. The Bertz CT molecular complexity index is 354. The van der Waals surface area contributed by atoms with Gasteiger partial charge >= 0.3 is 0 Å². The lowest BCUT2D eigenvalue weighted by Crippen LogP contribution is -2.17. The minimum absolute atomic E-state index is 0.251. The average molecular weight is 270 g/mol. The third-order valence-corrected chi connectivity index (χ3v) is 3.02. The summed E-state index contributed by atoms with van der Waals surface area (Å²) in [5, 5.41) is 4.15. The van der Waals surface area contributed by atoms with Gasteiger partial charge in [0.2, 0.25) is 0 Å². The van der Waals surface area contributed by atoms with Gasteiger partial charge in [0.1, 0.15) is 5.75 Å². The van der Waals surface area contributed by atoms with E-state index in [-0.39, 0.29) is 6.10 Å². The molecule has 0 bridgehead atoms. The van der Waals surface area contributed by atoms with Gasteiger partial charge in [-0.3, -0.25) is 0 Å². The van der Waals surface area contributed by atoms with E-state index < -0.39 is 0 Å². The Morgan fingerprint density at radius 3 is 2.72 bits per heavy atom. The molecule has 1 aromatic rings. The highest BCUT2D eigenvalue weighted by molar-refractivity contribution is 6.30. The molecule has 1 N–H and O–H groups in total. The van der Waals surface area contributed by atoms with Crippen molar-refractivity contribution in [2.45, 2.75) is 52.7 Å². The smallest absolute Gasteiger partial charge is 0.124 e. The van der Waals surface area contributed by atoms with Gasteiger partial charge in [0.25, 0.3) is 0 Å². The van der Waals surface area contributed by atoms with Crippen LogP contribution >= 0.6 is 11.6 Å². The molecular weight excluding hydrogens is 246 g/mol. The van der Waals surface area contributed by atoms with Crippen LogP contribution in [0.4, 0.5) is 0 Å². The lowest BCUT2D eigenvalue weighted by molar-refractivity contribution is 0.207. The monoisotopic (exact) mass is 269 g/mol. The molecule has 1 unspecified atom stereocenters. The maximum Gasteiger partial charge on any atom is 0.124 e. The number of nitrogens with one attached hydrogen (secondary N) is 1. The SMILES string of the molecule is CCCNCc1cc(Cl)ccc1OC(C)CCC. The van der Waals surface area contributed by atoms with Gasteiger partial charge in [-0.25, -0.2) is 0 Å². The van der Waals surface area contributed by atoms with Gasteiger partial charge in [0.05, 0.1) is 6.10 Å². The van der Waals surface area contributed by atoms with Crippen LogP contribution in [-0.2, 0) is 6.54 Å². The van der Waals surface area contributed by atoms with Gasteiger partial charge in [-0.15, -0.1) is 0 Å². The van der Waals surface area contributed by atoms with Crippen molar-refractivity contribution in [2.24, 2.45) is 0 Å². The highest BCUT2D eigenvalue weighted by Crippen LogP contribution is 2.24. The van der Waals surface area contributed by atoms with Crippen LogP contribution in [0.3, 0.4) is 0 Å². The summed E-state index contributed by atoms with van der Waals surface area (Å²) in [5.41, 5.74) is 1.14. The quantitative estimate of drug-likeness (QED) is 0.706. The van der Waals surface area contributed by atoms with Crippen molar-refractivity contribution in [3.05, 3.63) is 28.8 Å². The number of halogens is 1. The van der Waals surface area contributed by atoms with Gasteiger partial charge < -0.3 is 10.1 Å². The van der Waals surface area contributed by atoms with Gasteiger partial charge in [0.15, 0.2) is 0 Å². The number of rotatable bonds is 8. The number of ether oxygens (including phenoxy) is 1. The van der Waals surface area contributed by atoms with Gasteiger partial charge in [-0.2, -0.15) is 0 Å². The summed E-state index contributed by atoms with van der Waals surface area (Å²) >= 11 is 6.04. The van der Waals surface area contributed by atoms with E-state index in [0.29, 0.717) is 0 Å². The van der Waals surface area contributed by atoms with Crippen LogP contribution < -0.4 is 10.1 Å². The fourth-order valence-corrected chi connectivity index (χ4v) is 2.08. The first-order chi connectivity index (χ1) is 8.67. The Kier molecular flexibility index (Phi) is 7.14. The maximum absolute atomic E-state index is 6.04. The lowest BCUT2D eigenvalue weighted by atomic mass is 10.2. The fourth-order valence-electron chi connectivity index (χ4n) is 1.88. The molecule has 0 amide bonds. The number of benzene rings is 1. The summed E-state index contributed by atoms with van der Waals surface area (Å²) < 4.78 is 5.97. The molecule has 0 aliphatic carbocycles. The van der Waals surface area contributed by atoms with Crippen LogP contribution in [0.5, 0.6) is 5.75 Å². The zero-order valence-corrected chi connectivity index (χ0v) is 12.4. The predicted molar refractivity (Wildman–Crippen MR) is 78.4 cm³/mol. The van der Waals surface area contributed by atoms with Crippen LogP contribution in [0.25, 0.3) is 0 Å². The molecule has 1 aromatic carbocycles. The zero-order chi connectivity index (χ0) is 13.4. The normalized spacial score (nSPS) is 12.4. The largest absolute Gasteiger partial charge is 0.490 e. The van der Waals surface area contributed by atoms with Gasteiger partial charge in [-0.1, -0.05) is 31.9 Å². The number of hydrogen-bond donors (Lipinski definition) is 1. The number of hydrogen-bond acceptors (Lipinski definition) is 2. The summed E-state index contributed by atoms with van der Waals surface area (Å²) in [4.78, 5) is 0. The summed E-state index contributed by atoms with van der Waals surface area (Å²) in [6, 6.07) is 5.84. The molecule has 0 fully saturated rings. The highest BCUT2D eigenvalue weighted by Gasteiger charge is 2.08. The van der Waals surface area contributed by atoms with Crippen molar-refractivity contribution in [3.63, 3.8) is 0 Å².